The zero-order valence-electron chi connectivity index (χ0n) is 12.5. The maximum atomic E-state index is 13.7. The minimum atomic E-state index is -0.182. The Hall–Kier alpha value is -2.21. The summed E-state index contributed by atoms with van der Waals surface area (Å²) in [7, 11) is 0. The third kappa shape index (κ3) is 3.17. The Morgan fingerprint density at radius 3 is 2.64 bits per heavy atom. The number of halogens is 1. The molecule has 1 aliphatic heterocycles. The molecule has 0 bridgehead atoms. The lowest BCUT2D eigenvalue weighted by Crippen LogP contribution is -2.48. The number of rotatable bonds is 3. The van der Waals surface area contributed by atoms with Crippen LogP contribution in [-0.2, 0) is 6.54 Å². The first-order chi connectivity index (χ1) is 10.6. The monoisotopic (exact) mass is 303 g/mol. The van der Waals surface area contributed by atoms with Crippen LogP contribution in [0.4, 0.5) is 4.39 Å². The molecule has 1 aliphatic rings. The summed E-state index contributed by atoms with van der Waals surface area (Å²) in [5.74, 6) is -0.0377. The second-order valence-corrected chi connectivity index (χ2v) is 5.49. The summed E-state index contributed by atoms with van der Waals surface area (Å²) in [5.41, 5.74) is 1.38. The number of hydrogen-bond donors (Lipinski definition) is 0. The number of hydrogen-bond acceptors (Lipinski definition) is 4. The molecule has 5 nitrogen and oxygen atoms in total. The van der Waals surface area contributed by atoms with Crippen LogP contribution in [0.25, 0.3) is 0 Å². The van der Waals surface area contributed by atoms with Crippen LogP contribution in [0.3, 0.4) is 0 Å². The van der Waals surface area contributed by atoms with Gasteiger partial charge >= 0.3 is 0 Å². The zero-order valence-corrected chi connectivity index (χ0v) is 12.5. The van der Waals surface area contributed by atoms with Crippen LogP contribution in [-0.4, -0.2) is 47.0 Å². The molecule has 0 aliphatic carbocycles. The molecule has 22 heavy (non-hydrogen) atoms. The number of aryl methyl sites for hydroxylation is 1. The quantitative estimate of drug-likeness (QED) is 0.871. The van der Waals surface area contributed by atoms with E-state index in [1.807, 2.05) is 6.07 Å². The van der Waals surface area contributed by atoms with Crippen molar-refractivity contribution in [2.24, 2.45) is 0 Å². The van der Waals surface area contributed by atoms with Gasteiger partial charge in [0.2, 0.25) is 5.76 Å². The Labute approximate surface area is 128 Å². The Bertz CT molecular complexity index is 663. The van der Waals surface area contributed by atoms with Crippen molar-refractivity contribution in [3.63, 3.8) is 0 Å². The van der Waals surface area contributed by atoms with Gasteiger partial charge in [-0.3, -0.25) is 9.69 Å². The molecule has 0 spiro atoms. The van der Waals surface area contributed by atoms with Gasteiger partial charge in [0.05, 0.1) is 5.69 Å². The van der Waals surface area contributed by atoms with Crippen molar-refractivity contribution in [2.75, 3.05) is 26.2 Å². The maximum absolute atomic E-state index is 13.7. The van der Waals surface area contributed by atoms with Gasteiger partial charge in [-0.15, -0.1) is 0 Å². The number of carbonyl (C=O) groups is 1. The highest BCUT2D eigenvalue weighted by atomic mass is 19.1. The third-order valence-corrected chi connectivity index (χ3v) is 3.85. The molecule has 2 aromatic rings. The molecular weight excluding hydrogens is 285 g/mol. The molecule has 1 aromatic carbocycles. The van der Waals surface area contributed by atoms with Gasteiger partial charge < -0.3 is 9.42 Å². The Balaban J connectivity index is 1.56. The minimum absolute atomic E-state index is 0.133. The predicted octanol–water partition coefficient (Wildman–Crippen LogP) is 2.08. The molecule has 0 unspecified atom stereocenters. The first kappa shape index (κ1) is 14.7. The van der Waals surface area contributed by atoms with E-state index in [0.717, 1.165) is 0 Å². The topological polar surface area (TPSA) is 49.6 Å². The average Bonchev–Trinajstić information content (AvgIpc) is 2.96. The van der Waals surface area contributed by atoms with Crippen molar-refractivity contribution in [2.45, 2.75) is 13.5 Å². The van der Waals surface area contributed by atoms with Crippen molar-refractivity contribution in [1.82, 2.24) is 15.0 Å². The summed E-state index contributed by atoms with van der Waals surface area (Å²) in [6.45, 7) is 4.99. The molecule has 0 radical (unpaired) electrons. The second kappa shape index (κ2) is 6.27. The number of benzene rings is 1. The Morgan fingerprint density at radius 1 is 1.27 bits per heavy atom. The summed E-state index contributed by atoms with van der Waals surface area (Å²) in [6.07, 6.45) is 0. The van der Waals surface area contributed by atoms with Gasteiger partial charge in [0, 0.05) is 44.4 Å². The highest BCUT2D eigenvalue weighted by Gasteiger charge is 2.24. The molecule has 2 heterocycles. The molecule has 3 rings (SSSR count). The Morgan fingerprint density at radius 2 is 2.00 bits per heavy atom. The fourth-order valence-corrected chi connectivity index (χ4v) is 2.60. The third-order valence-electron chi connectivity index (χ3n) is 3.85. The molecule has 0 N–H and O–H groups in total. The van der Waals surface area contributed by atoms with Gasteiger partial charge in [-0.1, -0.05) is 23.4 Å². The largest absolute Gasteiger partial charge is 0.351 e. The first-order valence-electron chi connectivity index (χ1n) is 7.32. The molecule has 1 saturated heterocycles. The van der Waals surface area contributed by atoms with Crippen LogP contribution in [0, 0.1) is 12.7 Å². The highest BCUT2D eigenvalue weighted by molar-refractivity contribution is 5.91. The number of amides is 1. The number of piperazine rings is 1. The predicted molar refractivity (Wildman–Crippen MR) is 78.8 cm³/mol. The number of carbonyl (C=O) groups excluding carboxylic acids is 1. The molecule has 1 aromatic heterocycles. The number of aromatic nitrogens is 1. The second-order valence-electron chi connectivity index (χ2n) is 5.49. The normalized spacial score (nSPS) is 16.0. The summed E-state index contributed by atoms with van der Waals surface area (Å²) < 4.78 is 18.7. The first-order valence-corrected chi connectivity index (χ1v) is 7.32. The van der Waals surface area contributed by atoms with E-state index in [0.29, 0.717) is 44.0 Å². The van der Waals surface area contributed by atoms with Gasteiger partial charge in [0.1, 0.15) is 5.82 Å². The maximum Gasteiger partial charge on any atom is 0.292 e. The lowest BCUT2D eigenvalue weighted by atomic mass is 10.2. The van der Waals surface area contributed by atoms with Crippen molar-refractivity contribution in [1.29, 1.82) is 0 Å². The molecule has 0 saturated carbocycles. The molecule has 6 heteroatoms. The molecule has 1 fully saturated rings. The lowest BCUT2D eigenvalue weighted by molar-refractivity contribution is 0.0587. The van der Waals surface area contributed by atoms with E-state index in [2.05, 4.69) is 10.1 Å². The van der Waals surface area contributed by atoms with Crippen molar-refractivity contribution >= 4 is 5.91 Å². The SMILES string of the molecule is Cc1cc(C(=O)N2CCN(Cc3ccccc3F)CC2)on1. The van der Waals surface area contributed by atoms with E-state index in [1.165, 1.54) is 6.07 Å². The van der Waals surface area contributed by atoms with Crippen LogP contribution in [0.2, 0.25) is 0 Å². The van der Waals surface area contributed by atoms with Crippen LogP contribution in [0.1, 0.15) is 21.8 Å². The summed E-state index contributed by atoms with van der Waals surface area (Å²) >= 11 is 0. The van der Waals surface area contributed by atoms with Gasteiger partial charge in [-0.2, -0.15) is 0 Å². The van der Waals surface area contributed by atoms with E-state index in [1.54, 1.807) is 30.0 Å². The van der Waals surface area contributed by atoms with Crippen LogP contribution in [0.5, 0.6) is 0 Å². The zero-order chi connectivity index (χ0) is 15.5. The standard InChI is InChI=1S/C16H18FN3O2/c1-12-10-15(22-18-12)16(21)20-8-6-19(7-9-20)11-13-4-2-3-5-14(13)17/h2-5,10H,6-9,11H2,1H3. The van der Waals surface area contributed by atoms with Crippen molar-refractivity contribution in [3.05, 3.63) is 53.2 Å². The van der Waals surface area contributed by atoms with Gasteiger partial charge in [0.15, 0.2) is 0 Å². The van der Waals surface area contributed by atoms with Crippen LogP contribution in [0.15, 0.2) is 34.9 Å². The van der Waals surface area contributed by atoms with Gasteiger partial charge in [-0.05, 0) is 13.0 Å². The van der Waals surface area contributed by atoms with E-state index in [4.69, 9.17) is 4.52 Å². The highest BCUT2D eigenvalue weighted by Crippen LogP contribution is 2.14. The van der Waals surface area contributed by atoms with E-state index in [9.17, 15) is 9.18 Å². The van der Waals surface area contributed by atoms with Crippen molar-refractivity contribution in [3.8, 4) is 0 Å². The van der Waals surface area contributed by atoms with E-state index in [-0.39, 0.29) is 17.5 Å². The Kier molecular flexibility index (Phi) is 4.20. The lowest BCUT2D eigenvalue weighted by Gasteiger charge is -2.34. The summed E-state index contributed by atoms with van der Waals surface area (Å²) in [5, 5.41) is 3.74. The molecule has 116 valence electrons. The van der Waals surface area contributed by atoms with Crippen molar-refractivity contribution < 1.29 is 13.7 Å². The van der Waals surface area contributed by atoms with E-state index >= 15 is 0 Å². The van der Waals surface area contributed by atoms with E-state index < -0.39 is 0 Å². The summed E-state index contributed by atoms with van der Waals surface area (Å²) in [4.78, 5) is 16.1. The number of nitrogens with zero attached hydrogens (tertiary/aromatic N) is 3. The fraction of sp³-hybridized carbons (Fsp3) is 0.375. The van der Waals surface area contributed by atoms with Crippen LogP contribution < -0.4 is 0 Å². The van der Waals surface area contributed by atoms with Crippen LogP contribution >= 0.6 is 0 Å². The fourth-order valence-electron chi connectivity index (χ4n) is 2.60. The minimum Gasteiger partial charge on any atom is -0.351 e. The molecule has 1 amide bonds. The van der Waals surface area contributed by atoms with Gasteiger partial charge in [-0.25, -0.2) is 4.39 Å². The van der Waals surface area contributed by atoms with Gasteiger partial charge in [0.25, 0.3) is 5.91 Å². The summed E-state index contributed by atoms with van der Waals surface area (Å²) in [6, 6.07) is 8.44. The molecule has 0 atom stereocenters. The average molecular weight is 303 g/mol. The molecular formula is C16H18FN3O2. The smallest absolute Gasteiger partial charge is 0.292 e.